The van der Waals surface area contributed by atoms with Crippen molar-refractivity contribution >= 4 is 27.5 Å². The lowest BCUT2D eigenvalue weighted by Gasteiger charge is -2.31. The second-order valence-corrected chi connectivity index (χ2v) is 6.82. The van der Waals surface area contributed by atoms with Crippen molar-refractivity contribution in [2.45, 2.75) is 38.3 Å². The predicted molar refractivity (Wildman–Crippen MR) is 90.5 cm³/mol. The van der Waals surface area contributed by atoms with E-state index < -0.39 is 0 Å². The molecular weight excluding hydrogens is 330 g/mol. The van der Waals surface area contributed by atoms with Gasteiger partial charge in [-0.3, -0.25) is 4.79 Å². The number of carbonyl (C=O) groups excluding carboxylic acids is 1. The van der Waals surface area contributed by atoms with Crippen molar-refractivity contribution in [1.29, 1.82) is 0 Å². The highest BCUT2D eigenvalue weighted by Crippen LogP contribution is 2.15. The summed E-state index contributed by atoms with van der Waals surface area (Å²) in [5, 5.41) is 6.51. The topological polar surface area (TPSA) is 44.4 Å². The minimum Gasteiger partial charge on any atom is -0.326 e. The molecule has 1 saturated heterocycles. The summed E-state index contributed by atoms with van der Waals surface area (Å²) in [6.45, 7) is 4.35. The maximum Gasteiger partial charge on any atom is 0.225 e. The lowest BCUT2D eigenvalue weighted by atomic mass is 10.0. The average Bonchev–Trinajstić information content (AvgIpc) is 2.44. The van der Waals surface area contributed by atoms with E-state index in [-0.39, 0.29) is 11.9 Å². The highest BCUT2D eigenvalue weighted by Gasteiger charge is 2.19. The normalized spacial score (nSPS) is 18.4. The largest absolute Gasteiger partial charge is 0.326 e. The smallest absolute Gasteiger partial charge is 0.225 e. The van der Waals surface area contributed by atoms with Gasteiger partial charge in [-0.1, -0.05) is 15.9 Å². The lowest BCUT2D eigenvalue weighted by molar-refractivity contribution is -0.116. The van der Waals surface area contributed by atoms with E-state index in [1.165, 1.54) is 0 Å². The van der Waals surface area contributed by atoms with Crippen LogP contribution in [-0.2, 0) is 4.79 Å². The van der Waals surface area contributed by atoms with Gasteiger partial charge in [0.05, 0.1) is 0 Å². The molecule has 0 radical (unpaired) electrons. The second-order valence-electron chi connectivity index (χ2n) is 5.90. The summed E-state index contributed by atoms with van der Waals surface area (Å²) in [4.78, 5) is 14.4. The van der Waals surface area contributed by atoms with Gasteiger partial charge < -0.3 is 15.5 Å². The van der Waals surface area contributed by atoms with Gasteiger partial charge in [0.15, 0.2) is 0 Å². The molecule has 5 heteroatoms. The molecule has 1 aliphatic rings. The van der Waals surface area contributed by atoms with E-state index >= 15 is 0 Å². The lowest BCUT2D eigenvalue weighted by Crippen LogP contribution is -2.45. The van der Waals surface area contributed by atoms with Gasteiger partial charge in [-0.15, -0.1) is 0 Å². The van der Waals surface area contributed by atoms with Gasteiger partial charge in [-0.25, -0.2) is 0 Å². The molecule has 0 bridgehead atoms. The first-order valence-corrected chi connectivity index (χ1v) is 8.32. The summed E-state index contributed by atoms with van der Waals surface area (Å²) >= 11 is 3.39. The van der Waals surface area contributed by atoms with Crippen LogP contribution in [0.1, 0.15) is 26.2 Å². The number of hydrogen-bond donors (Lipinski definition) is 2. The molecule has 116 valence electrons. The number of carbonyl (C=O) groups is 1. The van der Waals surface area contributed by atoms with E-state index in [4.69, 9.17) is 0 Å². The number of benzene rings is 1. The van der Waals surface area contributed by atoms with Crippen LogP contribution in [0.4, 0.5) is 5.69 Å². The van der Waals surface area contributed by atoms with Crippen molar-refractivity contribution in [3.05, 3.63) is 28.7 Å². The van der Waals surface area contributed by atoms with Crippen LogP contribution in [0.5, 0.6) is 0 Å². The molecule has 1 aromatic carbocycles. The first-order valence-electron chi connectivity index (χ1n) is 7.53. The van der Waals surface area contributed by atoms with E-state index in [0.717, 1.165) is 36.1 Å². The summed E-state index contributed by atoms with van der Waals surface area (Å²) in [5.74, 6) is 0.0604. The standard InChI is InChI=1S/C16H24BrN3O/c1-12(18-15-7-9-20(2)10-8-15)11-16(21)19-14-5-3-13(17)4-6-14/h3-6,12,15,18H,7-11H2,1-2H3,(H,19,21). The van der Waals surface area contributed by atoms with Gasteiger partial charge in [0.25, 0.3) is 0 Å². The first kappa shape index (κ1) is 16.5. The Balaban J connectivity index is 1.73. The zero-order chi connectivity index (χ0) is 15.2. The van der Waals surface area contributed by atoms with Crippen molar-refractivity contribution in [3.8, 4) is 0 Å². The van der Waals surface area contributed by atoms with Crippen LogP contribution in [0.3, 0.4) is 0 Å². The van der Waals surface area contributed by atoms with Crippen LogP contribution in [0, 0.1) is 0 Å². The van der Waals surface area contributed by atoms with Gasteiger partial charge >= 0.3 is 0 Å². The number of piperidine rings is 1. The predicted octanol–water partition coefficient (Wildman–Crippen LogP) is 2.85. The maximum atomic E-state index is 12.0. The second kappa shape index (κ2) is 7.92. The number of rotatable bonds is 5. The average molecular weight is 354 g/mol. The monoisotopic (exact) mass is 353 g/mol. The number of hydrogen-bond acceptors (Lipinski definition) is 3. The van der Waals surface area contributed by atoms with Gasteiger partial charge in [-0.2, -0.15) is 0 Å². The highest BCUT2D eigenvalue weighted by atomic mass is 79.9. The molecule has 1 amide bonds. The fraction of sp³-hybridized carbons (Fsp3) is 0.562. The molecule has 0 aromatic heterocycles. The minimum atomic E-state index is 0.0604. The number of nitrogens with one attached hydrogen (secondary N) is 2. The van der Waals surface area contributed by atoms with Crippen molar-refractivity contribution in [1.82, 2.24) is 10.2 Å². The number of likely N-dealkylation sites (tertiary alicyclic amines) is 1. The molecule has 2 N–H and O–H groups in total. The van der Waals surface area contributed by atoms with E-state index in [0.29, 0.717) is 12.5 Å². The van der Waals surface area contributed by atoms with Crippen LogP contribution in [0.15, 0.2) is 28.7 Å². The van der Waals surface area contributed by atoms with E-state index in [2.05, 4.69) is 45.4 Å². The van der Waals surface area contributed by atoms with Crippen molar-refractivity contribution < 1.29 is 4.79 Å². The molecule has 0 aliphatic carbocycles. The van der Waals surface area contributed by atoms with E-state index in [9.17, 15) is 4.79 Å². The Kier molecular flexibility index (Phi) is 6.21. The van der Waals surface area contributed by atoms with Crippen LogP contribution >= 0.6 is 15.9 Å². The SMILES string of the molecule is CC(CC(=O)Nc1ccc(Br)cc1)NC1CCN(C)CC1. The van der Waals surface area contributed by atoms with Gasteiger partial charge in [-0.05, 0) is 64.2 Å². The maximum absolute atomic E-state index is 12.0. The molecule has 21 heavy (non-hydrogen) atoms. The van der Waals surface area contributed by atoms with Crippen LogP contribution < -0.4 is 10.6 Å². The summed E-state index contributed by atoms with van der Waals surface area (Å²) in [6, 6.07) is 8.39. The Morgan fingerprint density at radius 1 is 1.33 bits per heavy atom. The molecule has 1 heterocycles. The highest BCUT2D eigenvalue weighted by molar-refractivity contribution is 9.10. The van der Waals surface area contributed by atoms with Crippen LogP contribution in [0.25, 0.3) is 0 Å². The Labute approximate surface area is 135 Å². The van der Waals surface area contributed by atoms with Gasteiger partial charge in [0.1, 0.15) is 0 Å². The first-order chi connectivity index (χ1) is 10.0. The summed E-state index contributed by atoms with van der Waals surface area (Å²) in [7, 11) is 2.16. The molecular formula is C16H24BrN3O. The quantitative estimate of drug-likeness (QED) is 0.855. The zero-order valence-electron chi connectivity index (χ0n) is 12.7. The molecule has 4 nitrogen and oxygen atoms in total. The van der Waals surface area contributed by atoms with Gasteiger partial charge in [0.2, 0.25) is 5.91 Å². The molecule has 1 aromatic rings. The van der Waals surface area contributed by atoms with E-state index in [1.807, 2.05) is 24.3 Å². The van der Waals surface area contributed by atoms with E-state index in [1.54, 1.807) is 0 Å². The number of amides is 1. The van der Waals surface area contributed by atoms with Crippen LogP contribution in [0.2, 0.25) is 0 Å². The molecule has 2 rings (SSSR count). The molecule has 0 saturated carbocycles. The minimum absolute atomic E-state index is 0.0604. The fourth-order valence-corrected chi connectivity index (χ4v) is 2.92. The Morgan fingerprint density at radius 2 is 1.95 bits per heavy atom. The number of anilines is 1. The van der Waals surface area contributed by atoms with Crippen molar-refractivity contribution in [2.24, 2.45) is 0 Å². The molecule has 1 atom stereocenters. The Morgan fingerprint density at radius 3 is 2.57 bits per heavy atom. The molecule has 1 fully saturated rings. The summed E-state index contributed by atoms with van der Waals surface area (Å²) in [5.41, 5.74) is 0.842. The number of nitrogens with zero attached hydrogens (tertiary/aromatic N) is 1. The third-order valence-corrected chi connectivity index (χ3v) is 4.39. The fourth-order valence-electron chi connectivity index (χ4n) is 2.66. The summed E-state index contributed by atoms with van der Waals surface area (Å²) in [6.07, 6.45) is 2.83. The van der Waals surface area contributed by atoms with Crippen molar-refractivity contribution in [2.75, 3.05) is 25.5 Å². The Hall–Kier alpha value is -0.910. The molecule has 1 unspecified atom stereocenters. The Bertz CT molecular complexity index is 455. The van der Waals surface area contributed by atoms with Gasteiger partial charge in [0, 0.05) is 28.7 Å². The van der Waals surface area contributed by atoms with Crippen molar-refractivity contribution in [3.63, 3.8) is 0 Å². The zero-order valence-corrected chi connectivity index (χ0v) is 14.3. The summed E-state index contributed by atoms with van der Waals surface area (Å²) < 4.78 is 1.01. The molecule has 0 spiro atoms. The molecule has 1 aliphatic heterocycles. The number of halogens is 1. The third-order valence-electron chi connectivity index (χ3n) is 3.86. The van der Waals surface area contributed by atoms with Crippen LogP contribution in [-0.4, -0.2) is 43.0 Å². The third kappa shape index (κ3) is 5.77.